The molecule has 2 N–H and O–H groups in total. The van der Waals surface area contributed by atoms with Crippen molar-refractivity contribution in [3.05, 3.63) is 0 Å². The number of carbonyl (C=O) groups is 2. The molecule has 0 saturated carbocycles. The van der Waals surface area contributed by atoms with Gasteiger partial charge in [0.2, 0.25) is 11.8 Å². The summed E-state index contributed by atoms with van der Waals surface area (Å²) in [4.78, 5) is 26.9. The largest absolute Gasteiger partial charge is 0.378 e. The second-order valence-corrected chi connectivity index (χ2v) is 4.58. The van der Waals surface area contributed by atoms with E-state index in [0.717, 1.165) is 6.42 Å². The molecule has 1 rings (SSSR count). The molecule has 1 unspecified atom stereocenters. The number of amides is 2. The maximum absolute atomic E-state index is 11.9. The minimum absolute atomic E-state index is 0. The van der Waals surface area contributed by atoms with Gasteiger partial charge >= 0.3 is 0 Å². The second-order valence-electron chi connectivity index (χ2n) is 4.58. The zero-order valence-corrected chi connectivity index (χ0v) is 12.4. The summed E-state index contributed by atoms with van der Waals surface area (Å²) in [7, 11) is 1.62. The van der Waals surface area contributed by atoms with Crippen LogP contribution in [0.4, 0.5) is 0 Å². The Balaban J connectivity index is 0.00000324. The van der Waals surface area contributed by atoms with Crippen molar-refractivity contribution in [1.29, 1.82) is 0 Å². The highest BCUT2D eigenvalue weighted by Gasteiger charge is 2.22. The van der Waals surface area contributed by atoms with Crippen LogP contribution < -0.4 is 5.73 Å². The highest BCUT2D eigenvalue weighted by atomic mass is 35.5. The second kappa shape index (κ2) is 9.12. The summed E-state index contributed by atoms with van der Waals surface area (Å²) in [6.07, 6.45) is 1.51. The van der Waals surface area contributed by atoms with E-state index in [4.69, 9.17) is 10.5 Å². The van der Waals surface area contributed by atoms with E-state index in [-0.39, 0.29) is 30.8 Å². The molecule has 0 aromatic heterocycles. The van der Waals surface area contributed by atoms with Crippen molar-refractivity contribution in [3.8, 4) is 0 Å². The quantitative estimate of drug-likeness (QED) is 0.765. The third-order valence-electron chi connectivity index (χ3n) is 3.03. The summed E-state index contributed by atoms with van der Waals surface area (Å²) in [5.41, 5.74) is 5.75. The first-order valence-electron chi connectivity index (χ1n) is 6.42. The molecule has 1 aliphatic heterocycles. The molecular formula is C12H24ClN3O3. The lowest BCUT2D eigenvalue weighted by Crippen LogP contribution is -2.49. The third kappa shape index (κ3) is 5.76. The summed E-state index contributed by atoms with van der Waals surface area (Å²) < 4.78 is 5.18. The summed E-state index contributed by atoms with van der Waals surface area (Å²) in [5, 5.41) is 0. The van der Waals surface area contributed by atoms with Crippen molar-refractivity contribution in [2.75, 3.05) is 39.9 Å². The Labute approximate surface area is 120 Å². The minimum Gasteiger partial charge on any atom is -0.378 e. The number of ether oxygens (including phenoxy) is 1. The van der Waals surface area contributed by atoms with Gasteiger partial charge < -0.3 is 20.3 Å². The Morgan fingerprint density at radius 3 is 2.47 bits per heavy atom. The molecule has 1 fully saturated rings. The van der Waals surface area contributed by atoms with E-state index < -0.39 is 6.04 Å². The monoisotopic (exact) mass is 293 g/mol. The third-order valence-corrected chi connectivity index (χ3v) is 3.03. The predicted molar refractivity (Wildman–Crippen MR) is 75.2 cm³/mol. The number of hydrogen-bond donors (Lipinski definition) is 1. The average molecular weight is 294 g/mol. The SMILES string of the molecule is CCCC(N)C(=O)N(C)CC(=O)N1CCOCC1.Cl. The van der Waals surface area contributed by atoms with Crippen molar-refractivity contribution >= 4 is 24.2 Å². The fourth-order valence-corrected chi connectivity index (χ4v) is 1.91. The molecule has 0 aliphatic carbocycles. The van der Waals surface area contributed by atoms with Crippen LogP contribution in [0.2, 0.25) is 0 Å². The van der Waals surface area contributed by atoms with Gasteiger partial charge in [-0.15, -0.1) is 12.4 Å². The van der Waals surface area contributed by atoms with Crippen LogP contribution in [0.15, 0.2) is 0 Å². The predicted octanol–water partition coefficient (Wildman–Crippen LogP) is -0.147. The van der Waals surface area contributed by atoms with Crippen molar-refractivity contribution in [3.63, 3.8) is 0 Å². The molecule has 0 spiro atoms. The molecule has 7 heteroatoms. The van der Waals surface area contributed by atoms with Crippen LogP contribution in [0.3, 0.4) is 0 Å². The maximum atomic E-state index is 11.9. The number of hydrogen-bond acceptors (Lipinski definition) is 4. The Kier molecular flexibility index (Phi) is 8.71. The lowest BCUT2D eigenvalue weighted by atomic mass is 10.1. The molecule has 1 saturated heterocycles. The molecule has 0 aromatic carbocycles. The lowest BCUT2D eigenvalue weighted by molar-refractivity contribution is -0.142. The zero-order chi connectivity index (χ0) is 13.5. The molecule has 2 amide bonds. The minimum atomic E-state index is -0.502. The van der Waals surface area contributed by atoms with Crippen LogP contribution in [0.5, 0.6) is 0 Å². The first kappa shape index (κ1) is 18.1. The van der Waals surface area contributed by atoms with Crippen LogP contribution in [-0.4, -0.2) is 67.6 Å². The fourth-order valence-electron chi connectivity index (χ4n) is 1.91. The van der Waals surface area contributed by atoms with Gasteiger partial charge in [-0.3, -0.25) is 9.59 Å². The Hall–Kier alpha value is -0.850. The summed E-state index contributed by atoms with van der Waals surface area (Å²) in [6.45, 7) is 4.41. The van der Waals surface area contributed by atoms with Gasteiger partial charge in [0.15, 0.2) is 0 Å². The van der Waals surface area contributed by atoms with Gasteiger partial charge in [-0.2, -0.15) is 0 Å². The topological polar surface area (TPSA) is 75.9 Å². The van der Waals surface area contributed by atoms with Gasteiger partial charge in [0, 0.05) is 20.1 Å². The van der Waals surface area contributed by atoms with Crippen LogP contribution >= 0.6 is 12.4 Å². The van der Waals surface area contributed by atoms with E-state index in [0.29, 0.717) is 32.7 Å². The molecule has 112 valence electrons. The maximum Gasteiger partial charge on any atom is 0.242 e. The van der Waals surface area contributed by atoms with Gasteiger partial charge in [-0.1, -0.05) is 13.3 Å². The van der Waals surface area contributed by atoms with Crippen LogP contribution in [0.1, 0.15) is 19.8 Å². The first-order valence-corrected chi connectivity index (χ1v) is 6.42. The summed E-state index contributed by atoms with van der Waals surface area (Å²) in [6, 6.07) is -0.502. The van der Waals surface area contributed by atoms with Gasteiger partial charge in [-0.05, 0) is 6.42 Å². The van der Waals surface area contributed by atoms with Crippen molar-refractivity contribution in [1.82, 2.24) is 9.80 Å². The fraction of sp³-hybridized carbons (Fsp3) is 0.833. The van der Waals surface area contributed by atoms with E-state index in [2.05, 4.69) is 0 Å². The first-order chi connectivity index (χ1) is 8.56. The van der Waals surface area contributed by atoms with E-state index >= 15 is 0 Å². The van der Waals surface area contributed by atoms with Crippen LogP contribution in [0, 0.1) is 0 Å². The van der Waals surface area contributed by atoms with Gasteiger partial charge in [0.05, 0.1) is 25.8 Å². The molecule has 1 atom stereocenters. The van der Waals surface area contributed by atoms with Gasteiger partial charge in [0.25, 0.3) is 0 Å². The number of nitrogens with zero attached hydrogens (tertiary/aromatic N) is 2. The normalized spacial score (nSPS) is 16.5. The highest BCUT2D eigenvalue weighted by molar-refractivity contribution is 5.87. The number of rotatable bonds is 5. The molecule has 0 aromatic rings. The van der Waals surface area contributed by atoms with Crippen LogP contribution in [0.25, 0.3) is 0 Å². The number of halogens is 1. The Morgan fingerprint density at radius 1 is 1.37 bits per heavy atom. The van der Waals surface area contributed by atoms with E-state index in [1.165, 1.54) is 4.90 Å². The van der Waals surface area contributed by atoms with E-state index in [1.54, 1.807) is 11.9 Å². The summed E-state index contributed by atoms with van der Waals surface area (Å²) in [5.74, 6) is -0.212. The van der Waals surface area contributed by atoms with E-state index in [9.17, 15) is 9.59 Å². The smallest absolute Gasteiger partial charge is 0.242 e. The Morgan fingerprint density at radius 2 is 1.95 bits per heavy atom. The van der Waals surface area contributed by atoms with E-state index in [1.807, 2.05) is 6.92 Å². The summed E-state index contributed by atoms with van der Waals surface area (Å²) >= 11 is 0. The average Bonchev–Trinajstić information content (AvgIpc) is 2.39. The standard InChI is InChI=1S/C12H23N3O3.ClH/c1-3-4-10(13)12(17)14(2)9-11(16)15-5-7-18-8-6-15;/h10H,3-9,13H2,1-2H3;1H. The number of carbonyl (C=O) groups excluding carboxylic acids is 2. The number of morpholine rings is 1. The van der Waals surface area contributed by atoms with Crippen molar-refractivity contribution in [2.24, 2.45) is 5.73 Å². The number of likely N-dealkylation sites (N-methyl/N-ethyl adjacent to an activating group) is 1. The molecule has 19 heavy (non-hydrogen) atoms. The molecule has 0 radical (unpaired) electrons. The molecule has 0 bridgehead atoms. The highest BCUT2D eigenvalue weighted by Crippen LogP contribution is 2.02. The molecule has 1 aliphatic rings. The van der Waals surface area contributed by atoms with Crippen LogP contribution in [-0.2, 0) is 14.3 Å². The molecule has 6 nitrogen and oxygen atoms in total. The molecule has 1 heterocycles. The van der Waals surface area contributed by atoms with Crippen molar-refractivity contribution < 1.29 is 14.3 Å². The van der Waals surface area contributed by atoms with Gasteiger partial charge in [0.1, 0.15) is 0 Å². The zero-order valence-electron chi connectivity index (χ0n) is 11.6. The van der Waals surface area contributed by atoms with Crippen molar-refractivity contribution in [2.45, 2.75) is 25.8 Å². The Bertz CT molecular complexity index is 296. The van der Waals surface area contributed by atoms with Gasteiger partial charge in [-0.25, -0.2) is 0 Å². The lowest BCUT2D eigenvalue weighted by Gasteiger charge is -2.29. The molecular weight excluding hydrogens is 270 g/mol. The number of nitrogens with two attached hydrogens (primary N) is 1.